The zero-order valence-corrected chi connectivity index (χ0v) is 19.7. The molecule has 2 aromatic heterocycles. The SMILES string of the molecule is CC(C)c1ccc([C@H]2C(C(=O)c3cc4ccccc4o3)=C(O)C(=O)N2CCCn2ccnc2)cc1. The Balaban J connectivity index is 1.50. The van der Waals surface area contributed by atoms with E-state index in [2.05, 4.69) is 18.8 Å². The number of hydrogen-bond acceptors (Lipinski definition) is 5. The lowest BCUT2D eigenvalue weighted by molar-refractivity contribution is -0.129. The highest BCUT2D eigenvalue weighted by Crippen LogP contribution is 2.40. The predicted molar refractivity (Wildman–Crippen MR) is 132 cm³/mol. The Labute approximate surface area is 203 Å². The molecule has 0 fully saturated rings. The molecule has 0 unspecified atom stereocenters. The molecule has 35 heavy (non-hydrogen) atoms. The number of benzene rings is 2. The molecule has 178 valence electrons. The molecule has 1 amide bonds. The van der Waals surface area contributed by atoms with Gasteiger partial charge < -0.3 is 19.0 Å². The highest BCUT2D eigenvalue weighted by molar-refractivity contribution is 6.16. The molecular weight excluding hydrogens is 442 g/mol. The normalized spacial score (nSPS) is 16.1. The predicted octanol–water partition coefficient (Wildman–Crippen LogP) is 5.42. The van der Waals surface area contributed by atoms with Crippen LogP contribution in [0, 0.1) is 0 Å². The topological polar surface area (TPSA) is 88.6 Å². The monoisotopic (exact) mass is 469 g/mol. The number of aryl methyl sites for hydroxylation is 1. The minimum atomic E-state index is -0.702. The van der Waals surface area contributed by atoms with Gasteiger partial charge in [-0.25, -0.2) is 4.98 Å². The first kappa shape index (κ1) is 22.7. The van der Waals surface area contributed by atoms with Gasteiger partial charge in [0.25, 0.3) is 5.91 Å². The van der Waals surface area contributed by atoms with Gasteiger partial charge in [-0.1, -0.05) is 56.3 Å². The molecule has 7 heteroatoms. The molecule has 1 N–H and O–H groups in total. The van der Waals surface area contributed by atoms with Crippen molar-refractivity contribution < 1.29 is 19.1 Å². The van der Waals surface area contributed by atoms with E-state index in [4.69, 9.17) is 4.42 Å². The summed E-state index contributed by atoms with van der Waals surface area (Å²) in [6.07, 6.45) is 5.93. The molecule has 0 aliphatic carbocycles. The summed E-state index contributed by atoms with van der Waals surface area (Å²) < 4.78 is 7.72. The number of para-hydroxylation sites is 1. The third kappa shape index (κ3) is 4.25. The molecule has 4 aromatic rings. The highest BCUT2D eigenvalue weighted by Gasteiger charge is 2.44. The van der Waals surface area contributed by atoms with E-state index in [-0.39, 0.29) is 11.3 Å². The van der Waals surface area contributed by atoms with Crippen molar-refractivity contribution in [2.24, 2.45) is 0 Å². The standard InChI is InChI=1S/C28H27N3O4/c1-18(2)19-8-10-20(11-9-19)25-24(26(32)23-16-21-6-3-4-7-22(21)35-23)27(33)28(34)31(25)14-5-13-30-15-12-29-17-30/h3-4,6-12,15-18,25,33H,5,13-14H2,1-2H3/t25-/m0/s1. The lowest BCUT2D eigenvalue weighted by Crippen LogP contribution is -2.32. The maximum Gasteiger partial charge on any atom is 0.290 e. The van der Waals surface area contributed by atoms with Crippen LogP contribution in [0.2, 0.25) is 0 Å². The second-order valence-corrected chi connectivity index (χ2v) is 9.12. The highest BCUT2D eigenvalue weighted by atomic mass is 16.3. The maximum atomic E-state index is 13.6. The number of fused-ring (bicyclic) bond motifs is 1. The first-order valence-corrected chi connectivity index (χ1v) is 11.8. The van der Waals surface area contributed by atoms with Crippen LogP contribution in [0.1, 0.15) is 53.9 Å². The number of ketones is 1. The van der Waals surface area contributed by atoms with Crippen molar-refractivity contribution in [3.8, 4) is 0 Å². The van der Waals surface area contributed by atoms with Crippen LogP contribution >= 0.6 is 0 Å². The Morgan fingerprint density at radius 2 is 1.89 bits per heavy atom. The summed E-state index contributed by atoms with van der Waals surface area (Å²) in [6.45, 7) is 5.25. The van der Waals surface area contributed by atoms with Crippen LogP contribution in [0.3, 0.4) is 0 Å². The quantitative estimate of drug-likeness (QED) is 0.348. The van der Waals surface area contributed by atoms with Crippen LogP contribution < -0.4 is 0 Å². The van der Waals surface area contributed by atoms with Crippen LogP contribution in [0.25, 0.3) is 11.0 Å². The van der Waals surface area contributed by atoms with Gasteiger partial charge >= 0.3 is 0 Å². The molecule has 1 atom stereocenters. The Bertz CT molecular complexity index is 1360. The summed E-state index contributed by atoms with van der Waals surface area (Å²) in [5, 5.41) is 11.7. The number of carbonyl (C=O) groups excluding carboxylic acids is 2. The minimum Gasteiger partial charge on any atom is -0.503 e. The number of aromatic nitrogens is 2. The van der Waals surface area contributed by atoms with E-state index < -0.39 is 23.5 Å². The van der Waals surface area contributed by atoms with E-state index in [1.165, 1.54) is 0 Å². The van der Waals surface area contributed by atoms with Gasteiger partial charge in [0.15, 0.2) is 11.5 Å². The third-order valence-corrected chi connectivity index (χ3v) is 6.49. The number of aliphatic hydroxyl groups excluding tert-OH is 1. The molecule has 0 spiro atoms. The summed E-state index contributed by atoms with van der Waals surface area (Å²) >= 11 is 0. The molecular formula is C28H27N3O4. The van der Waals surface area contributed by atoms with Crippen LogP contribution in [0.5, 0.6) is 0 Å². The van der Waals surface area contributed by atoms with Gasteiger partial charge in [-0.3, -0.25) is 9.59 Å². The molecule has 0 saturated heterocycles. The van der Waals surface area contributed by atoms with Crippen molar-refractivity contribution in [3.63, 3.8) is 0 Å². The van der Waals surface area contributed by atoms with Gasteiger partial charge in [-0.2, -0.15) is 0 Å². The number of carbonyl (C=O) groups is 2. The Morgan fingerprint density at radius 1 is 1.11 bits per heavy atom. The first-order valence-electron chi connectivity index (χ1n) is 11.8. The second-order valence-electron chi connectivity index (χ2n) is 9.12. The summed E-state index contributed by atoms with van der Waals surface area (Å²) in [5.41, 5.74) is 2.56. The van der Waals surface area contributed by atoms with Crippen molar-refractivity contribution in [1.29, 1.82) is 0 Å². The van der Waals surface area contributed by atoms with Gasteiger partial charge in [-0.05, 0) is 35.6 Å². The van der Waals surface area contributed by atoms with E-state index in [1.54, 1.807) is 29.6 Å². The third-order valence-electron chi connectivity index (χ3n) is 6.49. The van der Waals surface area contributed by atoms with E-state index in [1.807, 2.05) is 53.2 Å². The molecule has 0 radical (unpaired) electrons. The Hall–Kier alpha value is -4.13. The zero-order valence-electron chi connectivity index (χ0n) is 19.7. The van der Waals surface area contributed by atoms with E-state index in [0.29, 0.717) is 31.0 Å². The summed E-state index contributed by atoms with van der Waals surface area (Å²) in [5.74, 6) is -1.10. The molecule has 0 bridgehead atoms. The van der Waals surface area contributed by atoms with Crippen LogP contribution in [-0.2, 0) is 11.3 Å². The van der Waals surface area contributed by atoms with Crippen LogP contribution in [-0.4, -0.2) is 37.8 Å². The minimum absolute atomic E-state index is 0.0500. The van der Waals surface area contributed by atoms with Gasteiger partial charge in [-0.15, -0.1) is 0 Å². The fourth-order valence-electron chi connectivity index (χ4n) is 4.60. The average molecular weight is 470 g/mol. The molecule has 1 aliphatic rings. The lowest BCUT2D eigenvalue weighted by atomic mass is 9.93. The fourth-order valence-corrected chi connectivity index (χ4v) is 4.60. The number of nitrogens with zero attached hydrogens (tertiary/aromatic N) is 3. The van der Waals surface area contributed by atoms with E-state index >= 15 is 0 Å². The molecule has 3 heterocycles. The largest absolute Gasteiger partial charge is 0.503 e. The van der Waals surface area contributed by atoms with E-state index in [9.17, 15) is 14.7 Å². The number of imidazole rings is 1. The average Bonchev–Trinajstić information content (AvgIpc) is 3.59. The van der Waals surface area contributed by atoms with Crippen molar-refractivity contribution in [2.75, 3.05) is 6.54 Å². The number of aliphatic hydroxyl groups is 1. The molecule has 2 aromatic carbocycles. The summed E-state index contributed by atoms with van der Waals surface area (Å²) in [4.78, 5) is 32.5. The summed E-state index contributed by atoms with van der Waals surface area (Å²) in [7, 11) is 0. The Morgan fingerprint density at radius 3 is 2.57 bits per heavy atom. The van der Waals surface area contributed by atoms with Crippen LogP contribution in [0.15, 0.2) is 89.1 Å². The number of furan rings is 1. The van der Waals surface area contributed by atoms with Crippen molar-refractivity contribution in [2.45, 2.75) is 38.8 Å². The number of hydrogen-bond donors (Lipinski definition) is 1. The lowest BCUT2D eigenvalue weighted by Gasteiger charge is -2.27. The van der Waals surface area contributed by atoms with Crippen LogP contribution in [0.4, 0.5) is 0 Å². The van der Waals surface area contributed by atoms with Gasteiger partial charge in [0.2, 0.25) is 5.78 Å². The molecule has 1 aliphatic heterocycles. The number of amides is 1. The van der Waals surface area contributed by atoms with Crippen molar-refractivity contribution in [1.82, 2.24) is 14.5 Å². The molecule has 5 rings (SSSR count). The second kappa shape index (κ2) is 9.25. The number of rotatable bonds is 8. The number of Topliss-reactive ketones (excluding diaryl/α,β-unsaturated/α-hetero) is 1. The molecule has 0 saturated carbocycles. The van der Waals surface area contributed by atoms with Gasteiger partial charge in [0, 0.05) is 30.9 Å². The molecule has 7 nitrogen and oxygen atoms in total. The van der Waals surface area contributed by atoms with Crippen molar-refractivity contribution in [3.05, 3.63) is 102 Å². The Kier molecular flexibility index (Phi) is 5.99. The maximum absolute atomic E-state index is 13.6. The van der Waals surface area contributed by atoms with Crippen molar-refractivity contribution >= 4 is 22.7 Å². The zero-order chi connectivity index (χ0) is 24.5. The fraction of sp³-hybridized carbons (Fsp3) is 0.250. The van der Waals surface area contributed by atoms with Gasteiger partial charge in [0.05, 0.1) is 17.9 Å². The first-order chi connectivity index (χ1) is 16.9. The van der Waals surface area contributed by atoms with E-state index in [0.717, 1.165) is 16.5 Å². The smallest absolute Gasteiger partial charge is 0.290 e. The summed E-state index contributed by atoms with van der Waals surface area (Å²) in [6, 6.07) is 16.2. The van der Waals surface area contributed by atoms with Gasteiger partial charge in [0.1, 0.15) is 5.58 Å².